The summed E-state index contributed by atoms with van der Waals surface area (Å²) in [5.74, 6) is -2.38. The molecule has 3 N–H and O–H groups in total. The van der Waals surface area contributed by atoms with Gasteiger partial charge in [0.1, 0.15) is 11.7 Å². The highest BCUT2D eigenvalue weighted by molar-refractivity contribution is 5.94. The van der Waals surface area contributed by atoms with E-state index >= 15 is 0 Å². The summed E-state index contributed by atoms with van der Waals surface area (Å²) in [7, 11) is 0. The molecule has 0 amide bonds. The normalized spacial score (nSPS) is 17.0. The minimum atomic E-state index is -4.41. The molecule has 12 heteroatoms. The maximum Gasteiger partial charge on any atom is 0.408 e. The lowest BCUT2D eigenvalue weighted by Gasteiger charge is -2.35. The minimum Gasteiger partial charge on any atom is -0.374 e. The van der Waals surface area contributed by atoms with Crippen LogP contribution in [-0.2, 0) is 0 Å². The molecule has 1 unspecified atom stereocenters. The molecule has 0 aliphatic heterocycles. The van der Waals surface area contributed by atoms with Crippen LogP contribution >= 0.6 is 0 Å². The Kier molecular flexibility index (Phi) is 4.99. The fourth-order valence-corrected chi connectivity index (χ4v) is 3.96. The zero-order valence-corrected chi connectivity index (χ0v) is 17.9. The summed E-state index contributed by atoms with van der Waals surface area (Å²) >= 11 is 0. The lowest BCUT2D eigenvalue weighted by Crippen LogP contribution is -2.44. The standard InChI is InChI=1S/C22H20F5N7/c1-11(31-12(2)22(25,26)27)15-10-30-34-4-3-13(5-18(15)34)16-8-28-19-17(16)9-29-20(33-19)32-14-6-21(23,24)7-14/h3-5,8-10,12,14,31H,1,6-7H2,2H3,(H2,28,29,32,33). The third-order valence-corrected chi connectivity index (χ3v) is 5.89. The van der Waals surface area contributed by atoms with E-state index in [9.17, 15) is 22.0 Å². The Balaban J connectivity index is 1.42. The number of pyridine rings is 1. The SMILES string of the molecule is C=C(NC(C)C(F)(F)F)c1cnn2ccc(-c3c[nH]c4nc(NC5CC(F)(F)C5)ncc34)cc12. The first kappa shape index (κ1) is 22.1. The van der Waals surface area contributed by atoms with Crippen LogP contribution < -0.4 is 10.6 Å². The van der Waals surface area contributed by atoms with Crippen LogP contribution in [-0.4, -0.2) is 48.7 Å². The van der Waals surface area contributed by atoms with E-state index in [0.29, 0.717) is 22.1 Å². The molecule has 7 nitrogen and oxygen atoms in total. The molecule has 34 heavy (non-hydrogen) atoms. The number of fused-ring (bicyclic) bond motifs is 2. The number of nitrogens with one attached hydrogen (secondary N) is 3. The number of hydrogen-bond donors (Lipinski definition) is 3. The van der Waals surface area contributed by atoms with E-state index in [1.165, 1.54) is 6.20 Å². The zero-order chi connectivity index (χ0) is 24.3. The Morgan fingerprint density at radius 3 is 2.76 bits per heavy atom. The van der Waals surface area contributed by atoms with Crippen molar-refractivity contribution in [2.75, 3.05) is 5.32 Å². The Morgan fingerprint density at radius 1 is 1.29 bits per heavy atom. The smallest absolute Gasteiger partial charge is 0.374 e. The largest absolute Gasteiger partial charge is 0.408 e. The van der Waals surface area contributed by atoms with Crippen molar-refractivity contribution in [1.29, 1.82) is 0 Å². The van der Waals surface area contributed by atoms with E-state index in [-0.39, 0.29) is 30.5 Å². The number of anilines is 1. The molecule has 1 aliphatic rings. The highest BCUT2D eigenvalue weighted by Gasteiger charge is 2.45. The van der Waals surface area contributed by atoms with Crippen LogP contribution in [0.1, 0.15) is 25.3 Å². The van der Waals surface area contributed by atoms with Crippen molar-refractivity contribution in [2.45, 2.75) is 43.9 Å². The molecule has 178 valence electrons. The van der Waals surface area contributed by atoms with Crippen molar-refractivity contribution in [2.24, 2.45) is 0 Å². The number of hydrogen-bond acceptors (Lipinski definition) is 5. The predicted octanol–water partition coefficient (Wildman–Crippen LogP) is 4.99. The number of H-pyrrole nitrogens is 1. The first-order valence-corrected chi connectivity index (χ1v) is 10.5. The van der Waals surface area contributed by atoms with Crippen molar-refractivity contribution in [1.82, 2.24) is 29.9 Å². The number of aromatic nitrogens is 5. The van der Waals surface area contributed by atoms with Crippen LogP contribution in [0, 0.1) is 0 Å². The van der Waals surface area contributed by atoms with Crippen molar-refractivity contribution in [3.8, 4) is 11.1 Å². The molecule has 1 aliphatic carbocycles. The van der Waals surface area contributed by atoms with Crippen molar-refractivity contribution in [3.05, 3.63) is 49.1 Å². The Hall–Kier alpha value is -3.70. The minimum absolute atomic E-state index is 0.108. The number of halogens is 5. The number of alkyl halides is 5. The summed E-state index contributed by atoms with van der Waals surface area (Å²) in [6, 6.07) is 1.46. The lowest BCUT2D eigenvalue weighted by atomic mass is 9.88. The molecule has 4 aromatic heterocycles. The fraction of sp³-hybridized carbons (Fsp3) is 0.318. The highest BCUT2D eigenvalue weighted by atomic mass is 19.4. The molecule has 5 rings (SSSR count). The van der Waals surface area contributed by atoms with E-state index in [1.54, 1.807) is 29.2 Å². The average molecular weight is 477 g/mol. The molecule has 0 bridgehead atoms. The van der Waals surface area contributed by atoms with Gasteiger partial charge in [0.2, 0.25) is 5.95 Å². The summed E-state index contributed by atoms with van der Waals surface area (Å²) in [5.41, 5.74) is 3.18. The molecule has 4 aromatic rings. The second-order valence-electron chi connectivity index (χ2n) is 8.45. The summed E-state index contributed by atoms with van der Waals surface area (Å²) in [6.45, 7) is 4.77. The van der Waals surface area contributed by atoms with E-state index in [4.69, 9.17) is 0 Å². The van der Waals surface area contributed by atoms with E-state index in [0.717, 1.165) is 18.1 Å². The first-order chi connectivity index (χ1) is 16.0. The van der Waals surface area contributed by atoms with Gasteiger partial charge in [-0.25, -0.2) is 18.3 Å². The quantitative estimate of drug-likeness (QED) is 0.341. The second-order valence-corrected chi connectivity index (χ2v) is 8.45. The van der Waals surface area contributed by atoms with Gasteiger partial charge in [-0.2, -0.15) is 23.3 Å². The zero-order valence-electron chi connectivity index (χ0n) is 17.9. The van der Waals surface area contributed by atoms with Crippen LogP contribution in [0.15, 0.2) is 43.5 Å². The Bertz CT molecular complexity index is 1380. The number of rotatable bonds is 6. The van der Waals surface area contributed by atoms with Gasteiger partial charge < -0.3 is 15.6 Å². The van der Waals surface area contributed by atoms with Gasteiger partial charge in [-0.1, -0.05) is 6.58 Å². The first-order valence-electron chi connectivity index (χ1n) is 10.5. The van der Waals surface area contributed by atoms with Crippen molar-refractivity contribution < 1.29 is 22.0 Å². The fourth-order valence-electron chi connectivity index (χ4n) is 3.96. The van der Waals surface area contributed by atoms with Gasteiger partial charge in [0, 0.05) is 59.7 Å². The summed E-state index contributed by atoms with van der Waals surface area (Å²) in [4.78, 5) is 11.7. The highest BCUT2D eigenvalue weighted by Crippen LogP contribution is 2.39. The monoisotopic (exact) mass is 477 g/mol. The van der Waals surface area contributed by atoms with Gasteiger partial charge in [0.25, 0.3) is 5.92 Å². The third-order valence-electron chi connectivity index (χ3n) is 5.89. The van der Waals surface area contributed by atoms with E-state index in [2.05, 4.69) is 37.3 Å². The van der Waals surface area contributed by atoms with Gasteiger partial charge in [-0.3, -0.25) is 0 Å². The molecule has 1 saturated carbocycles. The maximum absolute atomic E-state index is 13.1. The van der Waals surface area contributed by atoms with Crippen LogP contribution in [0.3, 0.4) is 0 Å². The van der Waals surface area contributed by atoms with E-state index < -0.39 is 18.1 Å². The molecule has 1 atom stereocenters. The molecular formula is C22H20F5N7. The molecular weight excluding hydrogens is 457 g/mol. The molecule has 0 spiro atoms. The van der Waals surface area contributed by atoms with Gasteiger partial charge in [-0.05, 0) is 24.6 Å². The van der Waals surface area contributed by atoms with Crippen molar-refractivity contribution >= 4 is 28.2 Å². The van der Waals surface area contributed by atoms with Gasteiger partial charge in [0.05, 0.1) is 11.7 Å². The maximum atomic E-state index is 13.1. The summed E-state index contributed by atoms with van der Waals surface area (Å²) in [5, 5.41) is 10.2. The van der Waals surface area contributed by atoms with Gasteiger partial charge >= 0.3 is 6.18 Å². The van der Waals surface area contributed by atoms with E-state index in [1.807, 2.05) is 6.07 Å². The topological polar surface area (TPSA) is 82.9 Å². The molecule has 0 radical (unpaired) electrons. The molecule has 0 saturated heterocycles. The Morgan fingerprint density at radius 2 is 2.06 bits per heavy atom. The summed E-state index contributed by atoms with van der Waals surface area (Å²) < 4.78 is 66.5. The van der Waals surface area contributed by atoms with Gasteiger partial charge in [0.15, 0.2) is 0 Å². The number of nitrogens with zero attached hydrogens (tertiary/aromatic N) is 4. The predicted molar refractivity (Wildman–Crippen MR) is 117 cm³/mol. The Labute approximate surface area is 190 Å². The van der Waals surface area contributed by atoms with Crippen LogP contribution in [0.4, 0.5) is 27.9 Å². The summed E-state index contributed by atoms with van der Waals surface area (Å²) in [6.07, 6.45) is 1.58. The molecule has 4 heterocycles. The van der Waals surface area contributed by atoms with Gasteiger partial charge in [-0.15, -0.1) is 0 Å². The number of aromatic amines is 1. The average Bonchev–Trinajstić information content (AvgIpc) is 3.35. The second kappa shape index (κ2) is 7.67. The molecule has 1 fully saturated rings. The lowest BCUT2D eigenvalue weighted by molar-refractivity contribution is -0.148. The van der Waals surface area contributed by atoms with Crippen molar-refractivity contribution in [3.63, 3.8) is 0 Å². The molecule has 0 aromatic carbocycles. The van der Waals surface area contributed by atoms with Crippen LogP contribution in [0.25, 0.3) is 33.4 Å². The van der Waals surface area contributed by atoms with Crippen LogP contribution in [0.2, 0.25) is 0 Å². The third kappa shape index (κ3) is 4.03. The van der Waals surface area contributed by atoms with Crippen LogP contribution in [0.5, 0.6) is 0 Å².